The summed E-state index contributed by atoms with van der Waals surface area (Å²) in [5.41, 5.74) is 15.7. The molecule has 0 N–H and O–H groups in total. The van der Waals surface area contributed by atoms with E-state index in [9.17, 15) is 0 Å². The van der Waals surface area contributed by atoms with E-state index in [1.54, 1.807) is 6.39 Å². The predicted molar refractivity (Wildman–Crippen MR) is 209 cm³/mol. The first-order valence-corrected chi connectivity index (χ1v) is 19.1. The van der Waals surface area contributed by atoms with Gasteiger partial charge in [-0.15, -0.1) is 0 Å². The van der Waals surface area contributed by atoms with Crippen LogP contribution in [0.25, 0.3) is 67.3 Å². The number of hydrogen-bond acceptors (Lipinski definition) is 4. The van der Waals surface area contributed by atoms with Crippen molar-refractivity contribution in [2.45, 2.75) is 63.2 Å². The lowest BCUT2D eigenvalue weighted by atomic mass is 9.48. The van der Waals surface area contributed by atoms with Crippen LogP contribution in [-0.2, 0) is 10.8 Å². The maximum absolute atomic E-state index is 6.20. The van der Waals surface area contributed by atoms with Crippen molar-refractivity contribution in [3.8, 4) is 56.2 Å². The quantitative estimate of drug-likeness (QED) is 0.182. The number of oxazole rings is 1. The molecule has 4 heteroatoms. The van der Waals surface area contributed by atoms with Crippen LogP contribution >= 0.6 is 0 Å². The lowest BCUT2D eigenvalue weighted by Crippen LogP contribution is -2.48. The van der Waals surface area contributed by atoms with Gasteiger partial charge < -0.3 is 4.42 Å². The van der Waals surface area contributed by atoms with E-state index in [-0.39, 0.29) is 5.41 Å². The summed E-state index contributed by atoms with van der Waals surface area (Å²) in [4.78, 5) is 15.2. The zero-order chi connectivity index (χ0) is 34.6. The van der Waals surface area contributed by atoms with E-state index in [4.69, 9.17) is 19.4 Å². The van der Waals surface area contributed by atoms with Gasteiger partial charge in [-0.1, -0.05) is 111 Å². The Morgan fingerprint density at radius 3 is 1.96 bits per heavy atom. The molecular formula is C48H41N3O. The highest BCUT2D eigenvalue weighted by Crippen LogP contribution is 2.61. The number of aromatic nitrogens is 3. The summed E-state index contributed by atoms with van der Waals surface area (Å²) in [7, 11) is 0. The van der Waals surface area contributed by atoms with Crippen LogP contribution in [0.1, 0.15) is 69.1 Å². The zero-order valence-electron chi connectivity index (χ0n) is 29.8. The number of fused-ring (bicyclic) bond motifs is 4. The largest absolute Gasteiger partial charge is 0.443 e. The lowest BCUT2D eigenvalue weighted by Gasteiger charge is -2.57. The van der Waals surface area contributed by atoms with Gasteiger partial charge in [-0.2, -0.15) is 0 Å². The number of nitrogens with zero attached hydrogens (tertiary/aromatic N) is 3. The van der Waals surface area contributed by atoms with Gasteiger partial charge in [0, 0.05) is 27.7 Å². The molecule has 0 amide bonds. The van der Waals surface area contributed by atoms with Gasteiger partial charge in [-0.3, -0.25) is 0 Å². The summed E-state index contributed by atoms with van der Waals surface area (Å²) < 4.78 is 6.20. The second-order valence-corrected chi connectivity index (χ2v) is 16.7. The molecule has 5 aliphatic carbocycles. The number of hydrogen-bond donors (Lipinski definition) is 0. The minimum absolute atomic E-state index is 0.0799. The topological polar surface area (TPSA) is 51.8 Å². The maximum atomic E-state index is 6.20. The SMILES string of the molecule is CC1(C)c2ccccc2-c2ccc(-c3ccc(-c4cc(-c5ccccc5)nc(-c5ccc(C67CC8CC(CC(C8)C6)C7)cc5)n4)c4ocnc34)cc21. The number of benzene rings is 5. The summed E-state index contributed by atoms with van der Waals surface area (Å²) in [5, 5.41) is 0. The normalized spacial score (nSPS) is 23.5. The van der Waals surface area contributed by atoms with Crippen LogP contribution in [0.4, 0.5) is 0 Å². The summed E-state index contributed by atoms with van der Waals surface area (Å²) in [6.07, 6.45) is 10.0. The summed E-state index contributed by atoms with van der Waals surface area (Å²) in [6.45, 7) is 4.65. The zero-order valence-corrected chi connectivity index (χ0v) is 29.8. The Morgan fingerprint density at radius 2 is 1.19 bits per heavy atom. The Balaban J connectivity index is 1.000. The van der Waals surface area contributed by atoms with Crippen molar-refractivity contribution in [1.29, 1.82) is 0 Å². The highest BCUT2D eigenvalue weighted by Gasteiger charge is 2.51. The molecule has 4 fully saturated rings. The van der Waals surface area contributed by atoms with E-state index < -0.39 is 0 Å². The van der Waals surface area contributed by atoms with Crippen LogP contribution in [-0.4, -0.2) is 15.0 Å². The van der Waals surface area contributed by atoms with Gasteiger partial charge >= 0.3 is 0 Å². The smallest absolute Gasteiger partial charge is 0.182 e. The standard InChI is InChI=1S/C48H41N3O/c1-47(2)40-11-7-6-10-37(40)38-17-14-34(23-41(38)47)36-18-19-39(45-44(36)49-28-52-45)43-24-42(32-8-4-3-5-9-32)50-46(51-43)33-12-15-35(16-13-33)48-25-29-20-30(26-48)22-31(21-29)27-48/h3-19,23-24,28-31H,20-22,25-27H2,1-2H3. The molecule has 2 aromatic heterocycles. The molecule has 52 heavy (non-hydrogen) atoms. The number of rotatable bonds is 5. The van der Waals surface area contributed by atoms with Crippen molar-refractivity contribution in [3.05, 3.63) is 138 Å². The molecule has 5 aromatic carbocycles. The average molecular weight is 676 g/mol. The second kappa shape index (κ2) is 11.1. The van der Waals surface area contributed by atoms with Gasteiger partial charge in [0.25, 0.3) is 0 Å². The van der Waals surface area contributed by atoms with E-state index in [1.807, 2.05) is 6.07 Å². The summed E-state index contributed by atoms with van der Waals surface area (Å²) in [6, 6.07) is 41.8. The third kappa shape index (κ3) is 4.56. The molecule has 0 aliphatic heterocycles. The second-order valence-electron chi connectivity index (χ2n) is 16.7. The summed E-state index contributed by atoms with van der Waals surface area (Å²) in [5.74, 6) is 3.49. The highest BCUT2D eigenvalue weighted by atomic mass is 16.3. The fourth-order valence-electron chi connectivity index (χ4n) is 11.2. The van der Waals surface area contributed by atoms with Crippen LogP contribution in [0.5, 0.6) is 0 Å². The first kappa shape index (κ1) is 30.3. The Bertz CT molecular complexity index is 2490. The van der Waals surface area contributed by atoms with Crippen LogP contribution in [0.2, 0.25) is 0 Å². The van der Waals surface area contributed by atoms with Gasteiger partial charge in [-0.25, -0.2) is 15.0 Å². The molecule has 0 saturated heterocycles. The first-order chi connectivity index (χ1) is 25.4. The molecule has 0 spiro atoms. The predicted octanol–water partition coefficient (Wildman–Crippen LogP) is 12.1. The Labute approximate surface area is 305 Å². The fourth-order valence-corrected chi connectivity index (χ4v) is 11.2. The highest BCUT2D eigenvalue weighted by molar-refractivity contribution is 6.00. The van der Waals surface area contributed by atoms with Gasteiger partial charge in [0.15, 0.2) is 17.8 Å². The molecule has 0 atom stereocenters. The van der Waals surface area contributed by atoms with E-state index in [0.717, 1.165) is 73.9 Å². The van der Waals surface area contributed by atoms with E-state index in [1.165, 1.54) is 66.3 Å². The Hall–Kier alpha value is -5.35. The molecule has 5 aliphatic rings. The van der Waals surface area contributed by atoms with Gasteiger partial charge in [0.2, 0.25) is 0 Å². The molecule has 0 radical (unpaired) electrons. The molecule has 4 saturated carbocycles. The summed E-state index contributed by atoms with van der Waals surface area (Å²) >= 11 is 0. The molecule has 7 aromatic rings. The fraction of sp³-hybridized carbons (Fsp3) is 0.271. The maximum Gasteiger partial charge on any atom is 0.182 e. The van der Waals surface area contributed by atoms with E-state index >= 15 is 0 Å². The van der Waals surface area contributed by atoms with Crippen LogP contribution < -0.4 is 0 Å². The van der Waals surface area contributed by atoms with Crippen LogP contribution in [0.3, 0.4) is 0 Å². The van der Waals surface area contributed by atoms with Crippen LogP contribution in [0, 0.1) is 17.8 Å². The minimum atomic E-state index is -0.0799. The van der Waals surface area contributed by atoms with E-state index in [0.29, 0.717) is 5.41 Å². The molecule has 4 bridgehead atoms. The third-order valence-electron chi connectivity index (χ3n) is 13.2. The third-order valence-corrected chi connectivity index (χ3v) is 13.2. The molecule has 12 rings (SSSR count). The Morgan fingerprint density at radius 1 is 0.558 bits per heavy atom. The van der Waals surface area contributed by atoms with Gasteiger partial charge in [0.1, 0.15) is 5.52 Å². The van der Waals surface area contributed by atoms with Crippen molar-refractivity contribution in [2.24, 2.45) is 17.8 Å². The van der Waals surface area contributed by atoms with Crippen molar-refractivity contribution in [1.82, 2.24) is 15.0 Å². The van der Waals surface area contributed by atoms with Gasteiger partial charge in [0.05, 0.1) is 11.4 Å². The van der Waals surface area contributed by atoms with E-state index in [2.05, 4.69) is 123 Å². The molecular weight excluding hydrogens is 635 g/mol. The first-order valence-electron chi connectivity index (χ1n) is 19.1. The molecule has 254 valence electrons. The average Bonchev–Trinajstić information content (AvgIpc) is 3.75. The minimum Gasteiger partial charge on any atom is -0.443 e. The van der Waals surface area contributed by atoms with Crippen molar-refractivity contribution < 1.29 is 4.42 Å². The van der Waals surface area contributed by atoms with Crippen molar-refractivity contribution in [2.75, 3.05) is 0 Å². The van der Waals surface area contributed by atoms with Gasteiger partial charge in [-0.05, 0) is 113 Å². The molecule has 4 nitrogen and oxygen atoms in total. The Kier molecular flexibility index (Phi) is 6.45. The lowest BCUT2D eigenvalue weighted by molar-refractivity contribution is -0.00518. The monoisotopic (exact) mass is 675 g/mol. The van der Waals surface area contributed by atoms with Crippen molar-refractivity contribution >= 4 is 11.1 Å². The molecule has 0 unspecified atom stereocenters. The van der Waals surface area contributed by atoms with Crippen LogP contribution in [0.15, 0.2) is 126 Å². The molecule has 2 heterocycles. The van der Waals surface area contributed by atoms with Crippen molar-refractivity contribution in [3.63, 3.8) is 0 Å².